The molecule has 24 heavy (non-hydrogen) atoms. The first-order valence-electron chi connectivity index (χ1n) is 7.80. The molecule has 2 aromatic carbocycles. The van der Waals surface area contributed by atoms with E-state index in [-0.39, 0.29) is 11.9 Å². The number of benzene rings is 2. The number of ether oxygens (including phenoxy) is 3. The zero-order valence-electron chi connectivity index (χ0n) is 14.5. The van der Waals surface area contributed by atoms with Crippen LogP contribution in [0.15, 0.2) is 42.5 Å². The molecule has 0 aromatic heterocycles. The number of hydrogen-bond donors (Lipinski definition) is 1. The van der Waals surface area contributed by atoms with Crippen LogP contribution in [0.4, 0.5) is 0 Å². The molecule has 0 spiro atoms. The monoisotopic (exact) mass is 329 g/mol. The molecule has 0 aliphatic rings. The summed E-state index contributed by atoms with van der Waals surface area (Å²) in [6, 6.07) is 12.7. The maximum Gasteiger partial charge on any atom is 0.255 e. The highest BCUT2D eigenvalue weighted by Gasteiger charge is 2.18. The van der Waals surface area contributed by atoms with E-state index in [0.717, 1.165) is 12.0 Å². The second kappa shape index (κ2) is 8.24. The fourth-order valence-electron chi connectivity index (χ4n) is 2.56. The van der Waals surface area contributed by atoms with E-state index >= 15 is 0 Å². The zero-order chi connectivity index (χ0) is 17.5. The van der Waals surface area contributed by atoms with Gasteiger partial charge in [0, 0.05) is 0 Å². The third kappa shape index (κ3) is 3.79. The van der Waals surface area contributed by atoms with Gasteiger partial charge in [0.15, 0.2) is 11.5 Å². The van der Waals surface area contributed by atoms with Crippen molar-refractivity contribution in [1.82, 2.24) is 5.32 Å². The van der Waals surface area contributed by atoms with Gasteiger partial charge in [-0.3, -0.25) is 4.79 Å². The van der Waals surface area contributed by atoms with E-state index in [1.54, 1.807) is 33.5 Å². The minimum absolute atomic E-state index is 0.137. The van der Waals surface area contributed by atoms with E-state index in [1.807, 2.05) is 37.3 Å². The average Bonchev–Trinajstić information content (AvgIpc) is 2.65. The number of hydrogen-bond acceptors (Lipinski definition) is 4. The maximum absolute atomic E-state index is 12.6. The molecule has 0 aliphatic carbocycles. The van der Waals surface area contributed by atoms with Crippen LogP contribution >= 0.6 is 0 Å². The molecule has 0 saturated heterocycles. The molecule has 1 amide bonds. The molecule has 128 valence electrons. The highest BCUT2D eigenvalue weighted by Crippen LogP contribution is 2.31. The van der Waals surface area contributed by atoms with Crippen molar-refractivity contribution in [1.29, 1.82) is 0 Å². The van der Waals surface area contributed by atoms with Gasteiger partial charge in [-0.05, 0) is 36.2 Å². The molecule has 2 rings (SSSR count). The van der Waals surface area contributed by atoms with Crippen LogP contribution in [0.2, 0.25) is 0 Å². The molecule has 1 N–H and O–H groups in total. The lowest BCUT2D eigenvalue weighted by Gasteiger charge is -2.20. The summed E-state index contributed by atoms with van der Waals surface area (Å²) in [5.41, 5.74) is 1.47. The molecule has 5 heteroatoms. The largest absolute Gasteiger partial charge is 0.496 e. The predicted octanol–water partition coefficient (Wildman–Crippen LogP) is 3.59. The quantitative estimate of drug-likeness (QED) is 0.843. The van der Waals surface area contributed by atoms with E-state index in [0.29, 0.717) is 22.8 Å². The smallest absolute Gasteiger partial charge is 0.255 e. The van der Waals surface area contributed by atoms with Crippen molar-refractivity contribution in [3.8, 4) is 17.2 Å². The summed E-state index contributed by atoms with van der Waals surface area (Å²) in [7, 11) is 4.74. The van der Waals surface area contributed by atoms with Crippen LogP contribution in [0, 0.1) is 0 Å². The van der Waals surface area contributed by atoms with E-state index < -0.39 is 0 Å². The number of carbonyl (C=O) groups is 1. The second-order valence-electron chi connectivity index (χ2n) is 5.25. The Labute approximate surface area is 142 Å². The van der Waals surface area contributed by atoms with Crippen LogP contribution in [0.1, 0.15) is 35.3 Å². The Morgan fingerprint density at radius 2 is 1.62 bits per heavy atom. The summed E-state index contributed by atoms with van der Waals surface area (Å²) in [5.74, 6) is 1.68. The zero-order valence-corrected chi connectivity index (χ0v) is 14.5. The van der Waals surface area contributed by atoms with Gasteiger partial charge in [0.2, 0.25) is 0 Å². The minimum atomic E-state index is -0.172. The van der Waals surface area contributed by atoms with Crippen molar-refractivity contribution in [2.45, 2.75) is 19.4 Å². The van der Waals surface area contributed by atoms with Crippen LogP contribution in [0.3, 0.4) is 0 Å². The second-order valence-corrected chi connectivity index (χ2v) is 5.25. The highest BCUT2D eigenvalue weighted by molar-refractivity contribution is 5.97. The first-order valence-corrected chi connectivity index (χ1v) is 7.80. The molecule has 0 heterocycles. The van der Waals surface area contributed by atoms with Gasteiger partial charge in [-0.25, -0.2) is 0 Å². The topological polar surface area (TPSA) is 56.8 Å². The molecule has 0 aliphatic heterocycles. The highest BCUT2D eigenvalue weighted by atomic mass is 16.5. The molecule has 0 radical (unpaired) electrons. The van der Waals surface area contributed by atoms with Crippen molar-refractivity contribution < 1.29 is 19.0 Å². The van der Waals surface area contributed by atoms with Crippen molar-refractivity contribution in [3.63, 3.8) is 0 Å². The predicted molar refractivity (Wildman–Crippen MR) is 93.0 cm³/mol. The average molecular weight is 329 g/mol. The first-order chi connectivity index (χ1) is 11.6. The molecule has 0 bridgehead atoms. The fraction of sp³-hybridized carbons (Fsp3) is 0.316. The third-order valence-electron chi connectivity index (χ3n) is 3.88. The Morgan fingerprint density at radius 1 is 0.958 bits per heavy atom. The Morgan fingerprint density at radius 3 is 2.25 bits per heavy atom. The molecular formula is C19H23NO4. The summed E-state index contributed by atoms with van der Waals surface area (Å²) in [6.07, 6.45) is 0.746. The SMILES string of the molecule is CC[C@H](NC(=O)c1ccccc1OC)c1ccc(OC)c(OC)c1. The first kappa shape index (κ1) is 17.7. The van der Waals surface area contributed by atoms with Crippen molar-refractivity contribution in [2.75, 3.05) is 21.3 Å². The summed E-state index contributed by atoms with van der Waals surface area (Å²) in [5, 5.41) is 3.05. The summed E-state index contributed by atoms with van der Waals surface area (Å²) in [4.78, 5) is 12.6. The third-order valence-corrected chi connectivity index (χ3v) is 3.88. The van der Waals surface area contributed by atoms with Gasteiger partial charge in [0.05, 0.1) is 32.9 Å². The minimum Gasteiger partial charge on any atom is -0.496 e. The van der Waals surface area contributed by atoms with Crippen molar-refractivity contribution in [3.05, 3.63) is 53.6 Å². The Bertz CT molecular complexity index is 700. The van der Waals surface area contributed by atoms with Gasteiger partial charge >= 0.3 is 0 Å². The van der Waals surface area contributed by atoms with Crippen LogP contribution < -0.4 is 19.5 Å². The van der Waals surface area contributed by atoms with Crippen LogP contribution in [-0.4, -0.2) is 27.2 Å². The number of rotatable bonds is 7. The molecule has 2 aromatic rings. The molecule has 0 unspecified atom stereocenters. The number of carbonyl (C=O) groups excluding carboxylic acids is 1. The summed E-state index contributed by atoms with van der Waals surface area (Å²) < 4.78 is 15.9. The van der Waals surface area contributed by atoms with Crippen molar-refractivity contribution in [2.24, 2.45) is 0 Å². The Kier molecular flexibility index (Phi) is 6.07. The van der Waals surface area contributed by atoms with Gasteiger partial charge in [-0.15, -0.1) is 0 Å². The van der Waals surface area contributed by atoms with Crippen LogP contribution in [-0.2, 0) is 0 Å². The lowest BCUT2D eigenvalue weighted by Crippen LogP contribution is -2.28. The lowest BCUT2D eigenvalue weighted by atomic mass is 10.0. The van der Waals surface area contributed by atoms with Gasteiger partial charge in [0.1, 0.15) is 5.75 Å². The van der Waals surface area contributed by atoms with E-state index in [4.69, 9.17) is 14.2 Å². The molecular weight excluding hydrogens is 306 g/mol. The number of nitrogens with one attached hydrogen (secondary N) is 1. The fourth-order valence-corrected chi connectivity index (χ4v) is 2.56. The number of para-hydroxylation sites is 1. The molecule has 5 nitrogen and oxygen atoms in total. The number of amides is 1. The molecule has 1 atom stereocenters. The Hall–Kier alpha value is -2.69. The maximum atomic E-state index is 12.6. The summed E-state index contributed by atoms with van der Waals surface area (Å²) >= 11 is 0. The normalized spacial score (nSPS) is 11.5. The summed E-state index contributed by atoms with van der Waals surface area (Å²) in [6.45, 7) is 2.02. The lowest BCUT2D eigenvalue weighted by molar-refractivity contribution is 0.0932. The molecule has 0 fully saturated rings. The standard InChI is InChI=1S/C19H23NO4/c1-5-15(13-10-11-17(23-3)18(12-13)24-4)20-19(21)14-8-6-7-9-16(14)22-2/h6-12,15H,5H2,1-4H3,(H,20,21)/t15-/m0/s1. The Balaban J connectivity index is 2.24. The van der Waals surface area contributed by atoms with E-state index in [1.165, 1.54) is 0 Å². The van der Waals surface area contributed by atoms with Gasteiger partial charge in [-0.2, -0.15) is 0 Å². The van der Waals surface area contributed by atoms with Gasteiger partial charge in [0.25, 0.3) is 5.91 Å². The van der Waals surface area contributed by atoms with E-state index in [2.05, 4.69) is 5.32 Å². The van der Waals surface area contributed by atoms with Gasteiger partial charge in [-0.1, -0.05) is 25.1 Å². The van der Waals surface area contributed by atoms with Crippen LogP contribution in [0.5, 0.6) is 17.2 Å². The van der Waals surface area contributed by atoms with Crippen molar-refractivity contribution >= 4 is 5.91 Å². The number of methoxy groups -OCH3 is 3. The van der Waals surface area contributed by atoms with Crippen LogP contribution in [0.25, 0.3) is 0 Å². The van der Waals surface area contributed by atoms with Gasteiger partial charge < -0.3 is 19.5 Å². The van der Waals surface area contributed by atoms with E-state index in [9.17, 15) is 4.79 Å². The molecule has 0 saturated carbocycles.